The molecule has 5 aromatic rings. The van der Waals surface area contributed by atoms with Crippen molar-refractivity contribution in [3.63, 3.8) is 0 Å². The first-order valence-corrected chi connectivity index (χ1v) is 21.1. The van der Waals surface area contributed by atoms with Crippen LogP contribution in [0.3, 0.4) is 0 Å². The number of piperidine rings is 1. The quantitative estimate of drug-likeness (QED) is 0.0680. The van der Waals surface area contributed by atoms with Gasteiger partial charge in [0.1, 0.15) is 23.1 Å². The van der Waals surface area contributed by atoms with Gasteiger partial charge in [-0.2, -0.15) is 8.78 Å². The first kappa shape index (κ1) is 43.4. The molecule has 4 aromatic carbocycles. The summed E-state index contributed by atoms with van der Waals surface area (Å²) in [6.07, 6.45) is 3.62. The molecule has 0 spiro atoms. The van der Waals surface area contributed by atoms with Crippen molar-refractivity contribution in [3.8, 4) is 23.0 Å². The summed E-state index contributed by atoms with van der Waals surface area (Å²) in [4.78, 5) is 32.0. The molecule has 2 heterocycles. The van der Waals surface area contributed by atoms with Crippen LogP contribution in [-0.4, -0.2) is 76.4 Å². The number of likely N-dealkylation sites (tertiary alicyclic amines) is 1. The number of alkyl halides is 2. The summed E-state index contributed by atoms with van der Waals surface area (Å²) in [6.45, 7) is 6.30. The van der Waals surface area contributed by atoms with Gasteiger partial charge in [0.15, 0.2) is 5.75 Å². The summed E-state index contributed by atoms with van der Waals surface area (Å²) < 4.78 is 72.6. The molecule has 14 nitrogen and oxygen atoms in total. The van der Waals surface area contributed by atoms with Gasteiger partial charge >= 0.3 is 12.1 Å². The molecule has 0 radical (unpaired) electrons. The lowest BCUT2D eigenvalue weighted by molar-refractivity contribution is -0.166. The van der Waals surface area contributed by atoms with E-state index in [2.05, 4.69) is 31.0 Å². The van der Waals surface area contributed by atoms with Gasteiger partial charge in [-0.15, -0.1) is 0 Å². The van der Waals surface area contributed by atoms with Crippen LogP contribution < -0.4 is 40.2 Å². The van der Waals surface area contributed by atoms with Crippen LogP contribution in [0.4, 0.5) is 42.1 Å². The third-order valence-corrected chi connectivity index (χ3v) is 10.4. The van der Waals surface area contributed by atoms with Crippen molar-refractivity contribution in [1.82, 2.24) is 15.2 Å². The lowest BCUT2D eigenvalue weighted by Crippen LogP contribution is -2.48. The molecule has 3 amide bonds. The van der Waals surface area contributed by atoms with Crippen molar-refractivity contribution in [2.75, 3.05) is 60.8 Å². The number of nitrogens with zero attached hydrogens (tertiary/aromatic N) is 2. The van der Waals surface area contributed by atoms with Crippen LogP contribution >= 0.6 is 0 Å². The first-order chi connectivity index (χ1) is 28.4. The molecule has 0 atom stereocenters. The van der Waals surface area contributed by atoms with Crippen LogP contribution in [-0.2, 0) is 15.4 Å². The number of benzene rings is 4. The topological polar surface area (TPSA) is 172 Å². The minimum Gasteiger partial charge on any atom is -0.496 e. The zero-order valence-corrected chi connectivity index (χ0v) is 35.1. The van der Waals surface area contributed by atoms with Gasteiger partial charge in [-0.25, -0.2) is 23.1 Å². The number of carbonyl (C=O) groups excluding carboxylic acids is 2. The normalized spacial score (nSPS) is 14.2. The second-order valence-electron chi connectivity index (χ2n) is 15.3. The summed E-state index contributed by atoms with van der Waals surface area (Å²) in [5, 5.41) is 13.0. The van der Waals surface area contributed by atoms with Crippen molar-refractivity contribution in [2.24, 2.45) is 0 Å². The number of rotatable bonds is 14. The highest BCUT2D eigenvalue weighted by molar-refractivity contribution is 7.92. The van der Waals surface area contributed by atoms with Gasteiger partial charge in [0, 0.05) is 60.8 Å². The summed E-state index contributed by atoms with van der Waals surface area (Å²) in [5.41, 5.74) is 2.17. The maximum Gasteiger partial charge on any atom is 0.323 e. The van der Waals surface area contributed by atoms with Crippen LogP contribution in [0.15, 0.2) is 85.1 Å². The van der Waals surface area contributed by atoms with Gasteiger partial charge in [-0.05, 0) is 66.3 Å². The van der Waals surface area contributed by atoms with Crippen molar-refractivity contribution in [2.45, 2.75) is 51.5 Å². The van der Waals surface area contributed by atoms with Gasteiger partial charge in [0.2, 0.25) is 10.0 Å². The Morgan fingerprint density at radius 3 is 2.30 bits per heavy atom. The Kier molecular flexibility index (Phi) is 13.0. The highest BCUT2D eigenvalue weighted by Crippen LogP contribution is 2.40. The summed E-state index contributed by atoms with van der Waals surface area (Å²) >= 11 is 0. The predicted octanol–water partition coefficient (Wildman–Crippen LogP) is 8.91. The smallest absolute Gasteiger partial charge is 0.323 e. The minimum atomic E-state index is -3.66. The number of ether oxygens (including phenoxy) is 3. The van der Waals surface area contributed by atoms with E-state index in [9.17, 15) is 26.8 Å². The van der Waals surface area contributed by atoms with Crippen LogP contribution in [0.1, 0.15) is 56.0 Å². The molecule has 5 N–H and O–H groups in total. The molecule has 1 aliphatic heterocycles. The predicted molar refractivity (Wildman–Crippen MR) is 230 cm³/mol. The number of hydrogen-bond donors (Lipinski definition) is 5. The first-order valence-electron chi connectivity index (χ1n) is 19.2. The van der Waals surface area contributed by atoms with Gasteiger partial charge in [0.05, 0.1) is 43.1 Å². The van der Waals surface area contributed by atoms with E-state index in [0.717, 1.165) is 16.7 Å². The number of fused-ring (bicyclic) bond motifs is 1. The van der Waals surface area contributed by atoms with E-state index in [1.54, 1.807) is 60.8 Å². The second kappa shape index (κ2) is 18.0. The number of nitrogens with one attached hydrogen (secondary N) is 5. The molecule has 6 rings (SSSR count). The molecule has 1 saturated heterocycles. The molecular weight excluding hydrogens is 797 g/mol. The Balaban J connectivity index is 1.14. The van der Waals surface area contributed by atoms with E-state index in [4.69, 9.17) is 14.2 Å². The van der Waals surface area contributed by atoms with Crippen LogP contribution in [0.2, 0.25) is 0 Å². The third-order valence-electron chi connectivity index (χ3n) is 9.80. The fraction of sp³-hybridized carbons (Fsp3) is 0.326. The zero-order chi connectivity index (χ0) is 43.2. The van der Waals surface area contributed by atoms with E-state index in [1.165, 1.54) is 14.2 Å². The van der Waals surface area contributed by atoms with Crippen molar-refractivity contribution in [1.29, 1.82) is 0 Å². The molecule has 60 heavy (non-hydrogen) atoms. The number of anilines is 5. The van der Waals surface area contributed by atoms with Gasteiger partial charge in [-0.1, -0.05) is 45.0 Å². The highest BCUT2D eigenvalue weighted by Gasteiger charge is 2.38. The molecule has 1 fully saturated rings. The molecule has 1 aromatic heterocycles. The third kappa shape index (κ3) is 10.7. The Morgan fingerprint density at radius 2 is 1.60 bits per heavy atom. The molecule has 0 unspecified atom stereocenters. The van der Waals surface area contributed by atoms with Crippen LogP contribution in [0.5, 0.6) is 23.0 Å². The van der Waals surface area contributed by atoms with Crippen molar-refractivity contribution < 1.29 is 41.0 Å². The summed E-state index contributed by atoms with van der Waals surface area (Å²) in [5.74, 6) is 1.40. The van der Waals surface area contributed by atoms with Crippen LogP contribution in [0, 0.1) is 0 Å². The van der Waals surface area contributed by atoms with Crippen LogP contribution in [0.25, 0.3) is 10.8 Å². The fourth-order valence-electron chi connectivity index (χ4n) is 6.81. The number of hydrogen-bond acceptors (Lipinski definition) is 10. The van der Waals surface area contributed by atoms with Crippen molar-refractivity contribution >= 4 is 61.3 Å². The lowest BCUT2D eigenvalue weighted by atomic mass is 9.86. The largest absolute Gasteiger partial charge is 0.496 e. The highest BCUT2D eigenvalue weighted by atomic mass is 32.2. The standard InChI is InChI=1S/C43H49F2N7O7S/c1-42(2,3)27-23-34(39(58-5)35(24-27)51-60(6,55)56)50-41(54)49-33-15-16-36(31-12-8-7-11-30(31)33)59-29-17-19-46-38(26-29)48-28-13-14-32(37(25-28)57-4)40(53)47-20-22-52-21-10-9-18-43(52,44)45/h7-8,11-17,19,23-26,51H,9-10,18,20-22H2,1-6H3,(H,46,48)(H,47,53)(H2,49,50,54). The molecular formula is C43H49F2N7O7S. The minimum absolute atomic E-state index is 0.0405. The monoisotopic (exact) mass is 845 g/mol. The van der Waals surface area contributed by atoms with Crippen molar-refractivity contribution in [3.05, 3.63) is 96.2 Å². The number of carbonyl (C=O) groups is 2. The summed E-state index contributed by atoms with van der Waals surface area (Å²) in [6, 6.07) is 19.1. The number of sulfonamides is 1. The molecule has 17 heteroatoms. The van der Waals surface area contributed by atoms with E-state index >= 15 is 0 Å². The van der Waals surface area contributed by atoms with Gasteiger partial charge in [0.25, 0.3) is 5.91 Å². The maximum atomic E-state index is 14.2. The number of urea groups is 1. The second-order valence-corrected chi connectivity index (χ2v) is 17.1. The van der Waals surface area contributed by atoms with Gasteiger partial charge < -0.3 is 35.5 Å². The number of halogens is 2. The average molecular weight is 846 g/mol. The average Bonchev–Trinajstić information content (AvgIpc) is 3.18. The SMILES string of the molecule is COc1cc(Nc2cc(Oc3ccc(NC(=O)Nc4cc(C(C)(C)C)cc(NS(C)(=O)=O)c4OC)c4ccccc34)ccn2)ccc1C(=O)NCCN1CCCCC1(F)F. The maximum absolute atomic E-state index is 14.2. The van der Waals surface area contributed by atoms with E-state index < -0.39 is 28.0 Å². The Labute approximate surface area is 348 Å². The Hall–Kier alpha value is -6.20. The van der Waals surface area contributed by atoms with E-state index in [-0.39, 0.29) is 59.9 Å². The molecule has 0 saturated carbocycles. The number of methoxy groups -OCH3 is 2. The molecule has 0 aliphatic carbocycles. The van der Waals surface area contributed by atoms with E-state index in [0.29, 0.717) is 52.3 Å². The fourth-order valence-corrected chi connectivity index (χ4v) is 7.36. The Morgan fingerprint density at radius 1 is 0.867 bits per heavy atom. The van der Waals surface area contributed by atoms with Gasteiger partial charge in [-0.3, -0.25) is 9.52 Å². The number of amides is 3. The number of aromatic nitrogens is 1. The lowest BCUT2D eigenvalue weighted by Gasteiger charge is -2.35. The molecule has 318 valence electrons. The Bertz CT molecular complexity index is 2500. The van der Waals surface area contributed by atoms with E-state index in [1.807, 2.05) is 45.0 Å². The zero-order valence-electron chi connectivity index (χ0n) is 34.2. The molecule has 0 bridgehead atoms. The number of pyridine rings is 1. The summed E-state index contributed by atoms with van der Waals surface area (Å²) in [7, 11) is -0.828. The molecule has 1 aliphatic rings.